The highest BCUT2D eigenvalue weighted by Crippen LogP contribution is 2.12. The number of carbonyl (C=O) groups is 2. The van der Waals surface area contributed by atoms with Gasteiger partial charge >= 0.3 is 0 Å². The predicted octanol–water partition coefficient (Wildman–Crippen LogP) is 4.83. The minimum atomic E-state index is -0.160. The van der Waals surface area contributed by atoms with Crippen LogP contribution in [0.3, 0.4) is 0 Å². The Morgan fingerprint density at radius 2 is 1.26 bits per heavy atom. The number of nitrogens with one attached hydrogen (secondary N) is 2. The smallest absolute Gasteiger partial charge is 0.243 e. The van der Waals surface area contributed by atoms with E-state index in [1.54, 1.807) is 0 Å². The molecule has 0 spiro atoms. The van der Waals surface area contributed by atoms with E-state index in [9.17, 15) is 9.59 Å². The maximum Gasteiger partial charge on any atom is 0.243 e. The summed E-state index contributed by atoms with van der Waals surface area (Å²) in [5, 5.41) is 2.93. The molecule has 0 atom stereocenters. The molecule has 0 aromatic heterocycles. The molecule has 0 aliphatic carbocycles. The molecule has 2 amide bonds. The van der Waals surface area contributed by atoms with Crippen molar-refractivity contribution in [2.45, 2.75) is 38.7 Å². The Bertz CT molecular complexity index is 941. The van der Waals surface area contributed by atoms with Gasteiger partial charge in [0.2, 0.25) is 11.8 Å². The van der Waals surface area contributed by atoms with Crippen molar-refractivity contribution in [2.24, 2.45) is 0 Å². The van der Waals surface area contributed by atoms with Crippen LogP contribution in [0.25, 0.3) is 0 Å². The van der Waals surface area contributed by atoms with Crippen molar-refractivity contribution in [2.75, 3.05) is 5.32 Å². The Morgan fingerprint density at radius 1 is 0.645 bits per heavy atom. The molecule has 2 N–H and O–H groups in total. The van der Waals surface area contributed by atoms with Crippen LogP contribution in [0.15, 0.2) is 84.9 Å². The first-order valence-electron chi connectivity index (χ1n) is 10.6. The molecule has 0 aliphatic heterocycles. The van der Waals surface area contributed by atoms with Crippen molar-refractivity contribution in [1.82, 2.24) is 5.48 Å². The Morgan fingerprint density at radius 3 is 1.94 bits per heavy atom. The molecule has 0 saturated heterocycles. The first kappa shape index (κ1) is 22.2. The first-order valence-corrected chi connectivity index (χ1v) is 10.6. The van der Waals surface area contributed by atoms with E-state index in [-0.39, 0.29) is 11.8 Å². The molecule has 31 heavy (non-hydrogen) atoms. The lowest BCUT2D eigenvalue weighted by Crippen LogP contribution is -2.23. The molecule has 0 aliphatic rings. The lowest BCUT2D eigenvalue weighted by molar-refractivity contribution is -0.134. The van der Waals surface area contributed by atoms with Gasteiger partial charge < -0.3 is 5.32 Å². The number of aryl methyl sites for hydroxylation is 2. The normalized spacial score (nSPS) is 10.5. The van der Waals surface area contributed by atoms with Gasteiger partial charge in [0, 0.05) is 18.5 Å². The molecule has 0 fully saturated rings. The molecule has 5 nitrogen and oxygen atoms in total. The molecule has 3 aromatic carbocycles. The van der Waals surface area contributed by atoms with Gasteiger partial charge in [-0.1, -0.05) is 72.8 Å². The molecule has 3 rings (SSSR count). The van der Waals surface area contributed by atoms with Crippen LogP contribution in [0.1, 0.15) is 36.0 Å². The fourth-order valence-electron chi connectivity index (χ4n) is 3.16. The third-order valence-corrected chi connectivity index (χ3v) is 4.86. The van der Waals surface area contributed by atoms with Crippen molar-refractivity contribution < 1.29 is 14.4 Å². The monoisotopic (exact) mass is 416 g/mol. The molecular formula is C26H28N2O3. The number of hydroxylamine groups is 1. The van der Waals surface area contributed by atoms with E-state index in [1.165, 1.54) is 5.56 Å². The highest BCUT2D eigenvalue weighted by atomic mass is 16.6. The number of rotatable bonds is 11. The van der Waals surface area contributed by atoms with Crippen molar-refractivity contribution >= 4 is 17.5 Å². The number of hydrogen-bond donors (Lipinski definition) is 2. The lowest BCUT2D eigenvalue weighted by atomic mass is 10.1. The van der Waals surface area contributed by atoms with Gasteiger partial charge in [-0.3, -0.25) is 14.4 Å². The second-order valence-corrected chi connectivity index (χ2v) is 7.38. The standard InChI is InChI=1S/C26H28N2O3/c29-25(13-7-12-21-8-3-1-4-9-21)27-24-17-14-22(15-18-24)16-19-26(30)28-31-20-23-10-5-2-6-11-23/h1-6,8-11,14-15,17-18H,7,12-13,16,19-20H2,(H,27,29)(H,28,30). The molecule has 5 heteroatoms. The highest BCUT2D eigenvalue weighted by molar-refractivity contribution is 5.90. The summed E-state index contributed by atoms with van der Waals surface area (Å²) in [4.78, 5) is 29.3. The second kappa shape index (κ2) is 12.3. The number of anilines is 1. The van der Waals surface area contributed by atoms with Gasteiger partial charge in [0.25, 0.3) is 0 Å². The quantitative estimate of drug-likeness (QED) is 0.440. The summed E-state index contributed by atoms with van der Waals surface area (Å²) in [6.45, 7) is 0.340. The average molecular weight is 417 g/mol. The molecule has 0 bridgehead atoms. The van der Waals surface area contributed by atoms with Gasteiger partial charge in [-0.2, -0.15) is 0 Å². The molecule has 0 radical (unpaired) electrons. The van der Waals surface area contributed by atoms with Crippen LogP contribution in [0.4, 0.5) is 5.69 Å². The molecule has 0 unspecified atom stereocenters. The summed E-state index contributed by atoms with van der Waals surface area (Å²) in [6.07, 6.45) is 3.13. The maximum atomic E-state index is 12.1. The Hall–Kier alpha value is -3.44. The van der Waals surface area contributed by atoms with E-state index in [0.29, 0.717) is 25.9 Å². The summed E-state index contributed by atoms with van der Waals surface area (Å²) in [6, 6.07) is 27.4. The van der Waals surface area contributed by atoms with E-state index < -0.39 is 0 Å². The highest BCUT2D eigenvalue weighted by Gasteiger charge is 2.05. The Kier molecular flexibility index (Phi) is 8.83. The summed E-state index contributed by atoms with van der Waals surface area (Å²) < 4.78 is 0. The minimum Gasteiger partial charge on any atom is -0.326 e. The maximum absolute atomic E-state index is 12.1. The van der Waals surface area contributed by atoms with Gasteiger partial charge in [-0.05, 0) is 48.1 Å². The molecule has 0 heterocycles. The van der Waals surface area contributed by atoms with Gasteiger partial charge in [0.1, 0.15) is 0 Å². The van der Waals surface area contributed by atoms with Crippen LogP contribution in [0, 0.1) is 0 Å². The van der Waals surface area contributed by atoms with Gasteiger partial charge in [0.15, 0.2) is 0 Å². The van der Waals surface area contributed by atoms with Crippen LogP contribution in [-0.2, 0) is 33.9 Å². The summed E-state index contributed by atoms with van der Waals surface area (Å²) in [5.74, 6) is -0.148. The van der Waals surface area contributed by atoms with Crippen LogP contribution in [0.5, 0.6) is 0 Å². The van der Waals surface area contributed by atoms with Crippen LogP contribution < -0.4 is 10.8 Å². The van der Waals surface area contributed by atoms with E-state index in [1.807, 2.05) is 72.8 Å². The van der Waals surface area contributed by atoms with Crippen molar-refractivity contribution in [3.05, 3.63) is 102 Å². The lowest BCUT2D eigenvalue weighted by Gasteiger charge is -2.08. The topological polar surface area (TPSA) is 67.4 Å². The number of benzene rings is 3. The van der Waals surface area contributed by atoms with E-state index in [4.69, 9.17) is 4.84 Å². The van der Waals surface area contributed by atoms with Crippen molar-refractivity contribution in [1.29, 1.82) is 0 Å². The van der Waals surface area contributed by atoms with Gasteiger partial charge in [0.05, 0.1) is 6.61 Å². The minimum absolute atomic E-state index is 0.0126. The number of hydrogen-bond acceptors (Lipinski definition) is 3. The van der Waals surface area contributed by atoms with Crippen LogP contribution in [0.2, 0.25) is 0 Å². The molecule has 3 aromatic rings. The zero-order chi connectivity index (χ0) is 21.7. The van der Waals surface area contributed by atoms with Gasteiger partial charge in [-0.25, -0.2) is 5.48 Å². The van der Waals surface area contributed by atoms with E-state index >= 15 is 0 Å². The summed E-state index contributed by atoms with van der Waals surface area (Å²) in [7, 11) is 0. The molecular weight excluding hydrogens is 388 g/mol. The fourth-order valence-corrected chi connectivity index (χ4v) is 3.16. The van der Waals surface area contributed by atoms with Crippen LogP contribution >= 0.6 is 0 Å². The van der Waals surface area contributed by atoms with Crippen LogP contribution in [-0.4, -0.2) is 11.8 Å². The van der Waals surface area contributed by atoms with E-state index in [2.05, 4.69) is 22.9 Å². The largest absolute Gasteiger partial charge is 0.326 e. The summed E-state index contributed by atoms with van der Waals surface area (Å²) >= 11 is 0. The zero-order valence-electron chi connectivity index (χ0n) is 17.6. The van der Waals surface area contributed by atoms with Crippen molar-refractivity contribution in [3.8, 4) is 0 Å². The molecule has 0 saturated carbocycles. The van der Waals surface area contributed by atoms with Gasteiger partial charge in [-0.15, -0.1) is 0 Å². The third-order valence-electron chi connectivity index (χ3n) is 4.86. The Labute approximate surface area is 183 Å². The average Bonchev–Trinajstić information content (AvgIpc) is 2.80. The summed E-state index contributed by atoms with van der Waals surface area (Å²) in [5.41, 5.74) is 6.52. The zero-order valence-corrected chi connectivity index (χ0v) is 17.6. The molecule has 160 valence electrons. The SMILES string of the molecule is O=C(CCc1ccc(NC(=O)CCCc2ccccc2)cc1)NOCc1ccccc1. The predicted molar refractivity (Wildman–Crippen MR) is 122 cm³/mol. The first-order chi connectivity index (χ1) is 15.2. The van der Waals surface area contributed by atoms with E-state index in [0.717, 1.165) is 29.7 Å². The third kappa shape index (κ3) is 8.44. The Balaban J connectivity index is 1.31. The number of amides is 2. The second-order valence-electron chi connectivity index (χ2n) is 7.38. The van der Waals surface area contributed by atoms with Crippen molar-refractivity contribution in [3.63, 3.8) is 0 Å². The fraction of sp³-hybridized carbons (Fsp3) is 0.231. The number of carbonyl (C=O) groups excluding carboxylic acids is 2.